The van der Waals surface area contributed by atoms with Crippen LogP contribution in [0.4, 0.5) is 4.39 Å². The van der Waals surface area contributed by atoms with Crippen molar-refractivity contribution in [3.63, 3.8) is 0 Å². The van der Waals surface area contributed by atoms with Crippen LogP contribution in [0.3, 0.4) is 0 Å². The molecule has 1 aliphatic carbocycles. The third kappa shape index (κ3) is 4.64. The van der Waals surface area contributed by atoms with Gasteiger partial charge in [-0.25, -0.2) is 4.39 Å². The predicted octanol–water partition coefficient (Wildman–Crippen LogP) is 4.10. The van der Waals surface area contributed by atoms with Crippen molar-refractivity contribution in [2.45, 2.75) is 44.7 Å². The molecule has 0 bridgehead atoms. The highest BCUT2D eigenvalue weighted by Crippen LogP contribution is 2.33. The molecule has 5 nitrogen and oxygen atoms in total. The average Bonchev–Trinajstić information content (AvgIpc) is 2.73. The molecule has 2 aromatic rings. The molecule has 1 aliphatic heterocycles. The van der Waals surface area contributed by atoms with Crippen molar-refractivity contribution in [3.05, 3.63) is 59.7 Å². The van der Waals surface area contributed by atoms with E-state index in [0.717, 1.165) is 50.9 Å². The highest BCUT2D eigenvalue weighted by molar-refractivity contribution is 5.79. The van der Waals surface area contributed by atoms with Gasteiger partial charge in [0.25, 0.3) is 0 Å². The first-order valence-electron chi connectivity index (χ1n) is 10.9. The lowest BCUT2D eigenvalue weighted by molar-refractivity contribution is -0.128. The summed E-state index contributed by atoms with van der Waals surface area (Å²) in [6, 6.07) is 11.0. The zero-order valence-electron chi connectivity index (χ0n) is 17.5. The topological polar surface area (TPSA) is 54.5 Å². The molecule has 1 N–H and O–H groups in total. The van der Waals surface area contributed by atoms with Crippen molar-refractivity contribution in [1.29, 1.82) is 0 Å². The Hall–Kier alpha value is -2.47. The summed E-state index contributed by atoms with van der Waals surface area (Å²) in [7, 11) is 1.49. The number of benzene rings is 1. The second kappa shape index (κ2) is 9.56. The molecule has 2 fully saturated rings. The number of aromatic nitrogens is 1. The summed E-state index contributed by atoms with van der Waals surface area (Å²) in [4.78, 5) is 19.5. The van der Waals surface area contributed by atoms with E-state index < -0.39 is 0 Å². The van der Waals surface area contributed by atoms with Gasteiger partial charge in [-0.2, -0.15) is 0 Å². The molecule has 1 amide bonds. The number of carbonyl (C=O) groups is 1. The van der Waals surface area contributed by atoms with Crippen molar-refractivity contribution >= 4 is 5.91 Å². The van der Waals surface area contributed by atoms with E-state index >= 15 is 0 Å². The van der Waals surface area contributed by atoms with Crippen LogP contribution in [0.15, 0.2) is 42.6 Å². The molecule has 1 saturated carbocycles. The zero-order valence-corrected chi connectivity index (χ0v) is 17.5. The molecule has 4 rings (SSSR count). The largest absolute Gasteiger partial charge is 0.494 e. The van der Waals surface area contributed by atoms with Gasteiger partial charge in [-0.1, -0.05) is 24.6 Å². The number of hydrogen-bond acceptors (Lipinski definition) is 4. The Labute approximate surface area is 177 Å². The minimum Gasteiger partial charge on any atom is -0.494 e. The van der Waals surface area contributed by atoms with Gasteiger partial charge >= 0.3 is 0 Å². The van der Waals surface area contributed by atoms with Gasteiger partial charge in [-0.05, 0) is 56.3 Å². The maximum absolute atomic E-state index is 14.6. The molecular formula is C24H30FN3O2. The highest BCUT2D eigenvalue weighted by Gasteiger charge is 2.33. The van der Waals surface area contributed by atoms with Crippen LogP contribution < -0.4 is 10.1 Å². The molecule has 1 aromatic carbocycles. The molecule has 30 heavy (non-hydrogen) atoms. The fourth-order valence-corrected chi connectivity index (χ4v) is 4.52. The van der Waals surface area contributed by atoms with E-state index in [-0.39, 0.29) is 35.4 Å². The van der Waals surface area contributed by atoms with Crippen LogP contribution in [0.5, 0.6) is 5.75 Å². The van der Waals surface area contributed by atoms with Gasteiger partial charge in [0.1, 0.15) is 0 Å². The van der Waals surface area contributed by atoms with Crippen molar-refractivity contribution in [1.82, 2.24) is 15.2 Å². The smallest absolute Gasteiger partial charge is 0.223 e. The van der Waals surface area contributed by atoms with Crippen LogP contribution >= 0.6 is 0 Å². The number of hydrogen-bond donors (Lipinski definition) is 1. The third-order valence-corrected chi connectivity index (χ3v) is 6.45. The van der Waals surface area contributed by atoms with Gasteiger partial charge in [-0.15, -0.1) is 0 Å². The molecule has 2 atom stereocenters. The quantitative estimate of drug-likeness (QED) is 0.745. The SMILES string of the molecule is COc1cccc(CN2CCC[C@@H]([C@@H](NC(=O)C3CCC3)c3ccccn3)C2)c1F. The van der Waals surface area contributed by atoms with Crippen LogP contribution in [0.1, 0.15) is 49.4 Å². The Morgan fingerprint density at radius 3 is 2.80 bits per heavy atom. The Bertz CT molecular complexity index is 857. The Balaban J connectivity index is 1.49. The van der Waals surface area contributed by atoms with Crippen molar-refractivity contribution in [2.75, 3.05) is 20.2 Å². The maximum atomic E-state index is 14.6. The lowest BCUT2D eigenvalue weighted by atomic mass is 9.83. The van der Waals surface area contributed by atoms with Crippen LogP contribution in [-0.2, 0) is 11.3 Å². The second-order valence-electron chi connectivity index (χ2n) is 8.44. The molecule has 6 heteroatoms. The van der Waals surface area contributed by atoms with E-state index in [1.54, 1.807) is 12.3 Å². The Kier molecular flexibility index (Phi) is 6.62. The van der Waals surface area contributed by atoms with E-state index in [4.69, 9.17) is 4.74 Å². The summed E-state index contributed by atoms with van der Waals surface area (Å²) >= 11 is 0. The van der Waals surface area contributed by atoms with E-state index in [1.165, 1.54) is 7.11 Å². The number of rotatable bonds is 7. The predicted molar refractivity (Wildman–Crippen MR) is 113 cm³/mol. The summed E-state index contributed by atoms with van der Waals surface area (Å²) < 4.78 is 19.8. The first-order chi connectivity index (χ1) is 14.7. The Morgan fingerprint density at radius 1 is 1.23 bits per heavy atom. The minimum atomic E-state index is -0.290. The lowest BCUT2D eigenvalue weighted by Crippen LogP contribution is -2.45. The van der Waals surface area contributed by atoms with Gasteiger partial charge < -0.3 is 10.1 Å². The summed E-state index contributed by atoms with van der Waals surface area (Å²) in [6.07, 6.45) is 6.90. The summed E-state index contributed by atoms with van der Waals surface area (Å²) in [5.41, 5.74) is 1.55. The number of piperidine rings is 1. The van der Waals surface area contributed by atoms with Gasteiger partial charge in [0.2, 0.25) is 5.91 Å². The first kappa shape index (κ1) is 20.8. The number of methoxy groups -OCH3 is 1. The molecule has 0 unspecified atom stereocenters. The van der Waals surface area contributed by atoms with Crippen LogP contribution in [0, 0.1) is 17.7 Å². The van der Waals surface area contributed by atoms with Crippen molar-refractivity contribution < 1.29 is 13.9 Å². The molecule has 0 radical (unpaired) electrons. The number of nitrogens with one attached hydrogen (secondary N) is 1. The molecule has 2 heterocycles. The first-order valence-corrected chi connectivity index (χ1v) is 10.9. The normalized spacial score (nSPS) is 20.9. The number of pyridine rings is 1. The molecule has 0 spiro atoms. The van der Waals surface area contributed by atoms with Gasteiger partial charge in [0.05, 0.1) is 18.8 Å². The zero-order chi connectivity index (χ0) is 20.9. The summed E-state index contributed by atoms with van der Waals surface area (Å²) in [5.74, 6) is 0.517. The number of nitrogens with zero attached hydrogens (tertiary/aromatic N) is 2. The number of carbonyl (C=O) groups excluding carboxylic acids is 1. The van der Waals surface area contributed by atoms with Crippen molar-refractivity contribution in [3.8, 4) is 5.75 Å². The number of amides is 1. The molecule has 2 aliphatic rings. The van der Waals surface area contributed by atoms with Crippen LogP contribution in [0.25, 0.3) is 0 Å². The van der Waals surface area contributed by atoms with E-state index in [2.05, 4.69) is 15.2 Å². The van der Waals surface area contributed by atoms with E-state index in [9.17, 15) is 9.18 Å². The van der Waals surface area contributed by atoms with E-state index in [0.29, 0.717) is 12.1 Å². The van der Waals surface area contributed by atoms with Gasteiger partial charge in [0, 0.05) is 30.8 Å². The monoisotopic (exact) mass is 411 g/mol. The molecule has 1 aromatic heterocycles. The average molecular weight is 412 g/mol. The molecular weight excluding hydrogens is 381 g/mol. The number of halogens is 1. The van der Waals surface area contributed by atoms with Gasteiger partial charge in [-0.3, -0.25) is 14.7 Å². The van der Waals surface area contributed by atoms with Gasteiger partial charge in [0.15, 0.2) is 11.6 Å². The van der Waals surface area contributed by atoms with Crippen LogP contribution in [-0.4, -0.2) is 36.0 Å². The maximum Gasteiger partial charge on any atom is 0.223 e. The standard InChI is InChI=1S/C24H30FN3O2/c1-30-21-12-5-9-18(22(21)25)15-28-14-6-10-19(16-28)23(20-11-2-3-13-26-20)27-24(29)17-7-4-8-17/h2-3,5,9,11-13,17,19,23H,4,6-8,10,14-16H2,1H3,(H,27,29)/t19-,23-/m1/s1. The lowest BCUT2D eigenvalue weighted by Gasteiger charge is -2.38. The summed E-state index contributed by atoms with van der Waals surface area (Å²) in [5, 5.41) is 3.30. The molecule has 160 valence electrons. The third-order valence-electron chi connectivity index (χ3n) is 6.45. The molecule has 1 saturated heterocycles. The highest BCUT2D eigenvalue weighted by atomic mass is 19.1. The number of likely N-dealkylation sites (tertiary alicyclic amines) is 1. The second-order valence-corrected chi connectivity index (χ2v) is 8.44. The number of ether oxygens (including phenoxy) is 1. The minimum absolute atomic E-state index is 0.114. The fourth-order valence-electron chi connectivity index (χ4n) is 4.52. The fraction of sp³-hybridized carbons (Fsp3) is 0.500. The van der Waals surface area contributed by atoms with Crippen LogP contribution in [0.2, 0.25) is 0 Å². The van der Waals surface area contributed by atoms with E-state index in [1.807, 2.05) is 30.3 Å². The Morgan fingerprint density at radius 2 is 2.10 bits per heavy atom. The summed E-state index contributed by atoms with van der Waals surface area (Å²) in [6.45, 7) is 2.24. The van der Waals surface area contributed by atoms with Crippen molar-refractivity contribution in [2.24, 2.45) is 11.8 Å².